The highest BCUT2D eigenvalue weighted by atomic mass is 32.1. The monoisotopic (exact) mass is 468 g/mol. The highest BCUT2D eigenvalue weighted by Crippen LogP contribution is 2.38. The van der Waals surface area contributed by atoms with Crippen LogP contribution >= 0.6 is 11.3 Å². The summed E-state index contributed by atoms with van der Waals surface area (Å²) >= 11 is 1.33. The Balaban J connectivity index is 1.32. The number of halogens is 1. The number of carbonyl (C=O) groups excluding carboxylic acids is 3. The molecule has 0 fully saturated rings. The Kier molecular flexibility index (Phi) is 6.69. The summed E-state index contributed by atoms with van der Waals surface area (Å²) in [5, 5.41) is 3.03. The van der Waals surface area contributed by atoms with E-state index in [1.54, 1.807) is 30.3 Å². The molecule has 1 aliphatic carbocycles. The number of benzene rings is 2. The number of hydrogen-bond acceptors (Lipinski definition) is 6. The zero-order valence-electron chi connectivity index (χ0n) is 17.6. The largest absolute Gasteiger partial charge is 0.489 e. The molecule has 7 nitrogen and oxygen atoms in total. The van der Waals surface area contributed by atoms with Gasteiger partial charge in [0, 0.05) is 4.88 Å². The van der Waals surface area contributed by atoms with Crippen LogP contribution in [-0.2, 0) is 29.0 Å². The molecular weight excluding hydrogens is 447 g/mol. The van der Waals surface area contributed by atoms with Crippen LogP contribution in [0.3, 0.4) is 0 Å². The molecule has 0 saturated heterocycles. The van der Waals surface area contributed by atoms with Crippen molar-refractivity contribution in [3.63, 3.8) is 0 Å². The van der Waals surface area contributed by atoms with Gasteiger partial charge in [-0.1, -0.05) is 18.2 Å². The van der Waals surface area contributed by atoms with Gasteiger partial charge < -0.3 is 20.5 Å². The smallest absolute Gasteiger partial charge is 0.338 e. The van der Waals surface area contributed by atoms with Crippen molar-refractivity contribution in [2.24, 2.45) is 5.73 Å². The van der Waals surface area contributed by atoms with Gasteiger partial charge in [-0.2, -0.15) is 0 Å². The fraction of sp³-hybridized carbons (Fsp3) is 0.208. The molecule has 0 radical (unpaired) electrons. The second kappa shape index (κ2) is 9.83. The minimum Gasteiger partial charge on any atom is -0.489 e. The Morgan fingerprint density at radius 1 is 1.09 bits per heavy atom. The van der Waals surface area contributed by atoms with Crippen LogP contribution in [0, 0.1) is 5.82 Å². The van der Waals surface area contributed by atoms with Crippen molar-refractivity contribution in [1.29, 1.82) is 0 Å². The Morgan fingerprint density at radius 2 is 1.88 bits per heavy atom. The van der Waals surface area contributed by atoms with Crippen molar-refractivity contribution in [2.45, 2.75) is 25.9 Å². The number of primary amides is 1. The molecule has 3 aromatic rings. The molecule has 0 saturated carbocycles. The normalized spacial score (nSPS) is 12.2. The highest BCUT2D eigenvalue weighted by Gasteiger charge is 2.26. The minimum absolute atomic E-state index is 0.203. The van der Waals surface area contributed by atoms with Gasteiger partial charge in [-0.25, -0.2) is 9.18 Å². The third-order valence-electron chi connectivity index (χ3n) is 5.14. The molecule has 0 aliphatic heterocycles. The summed E-state index contributed by atoms with van der Waals surface area (Å²) in [6, 6.07) is 12.2. The van der Waals surface area contributed by atoms with Crippen LogP contribution in [0.15, 0.2) is 48.5 Å². The lowest BCUT2D eigenvalue weighted by molar-refractivity contribution is -0.119. The number of carbonyl (C=O) groups is 3. The summed E-state index contributed by atoms with van der Waals surface area (Å²) in [6.45, 7) is -0.311. The molecular formula is C24H21FN2O5S. The van der Waals surface area contributed by atoms with Gasteiger partial charge in [0.2, 0.25) is 0 Å². The number of anilines is 1. The number of rotatable bonds is 8. The topological polar surface area (TPSA) is 108 Å². The van der Waals surface area contributed by atoms with Crippen molar-refractivity contribution >= 4 is 34.1 Å². The van der Waals surface area contributed by atoms with E-state index < -0.39 is 24.4 Å². The molecule has 2 aromatic carbocycles. The first-order chi connectivity index (χ1) is 15.9. The van der Waals surface area contributed by atoms with Crippen molar-refractivity contribution in [3.05, 3.63) is 81.5 Å². The van der Waals surface area contributed by atoms with Crippen LogP contribution in [0.5, 0.6) is 5.75 Å². The van der Waals surface area contributed by atoms with Crippen LogP contribution < -0.4 is 15.8 Å². The third-order valence-corrected chi connectivity index (χ3v) is 6.35. The second-order valence-corrected chi connectivity index (χ2v) is 8.60. The van der Waals surface area contributed by atoms with Gasteiger partial charge in [-0.15, -0.1) is 11.3 Å². The number of amides is 2. The van der Waals surface area contributed by atoms with Gasteiger partial charge >= 0.3 is 5.97 Å². The molecule has 4 rings (SSSR count). The summed E-state index contributed by atoms with van der Waals surface area (Å²) in [5.74, 6) is -1.74. The number of fused-ring (bicyclic) bond motifs is 1. The van der Waals surface area contributed by atoms with Crippen LogP contribution in [0.25, 0.3) is 0 Å². The van der Waals surface area contributed by atoms with Crippen LogP contribution in [0.1, 0.15) is 43.1 Å². The number of ether oxygens (including phenoxy) is 2. The molecule has 3 N–H and O–H groups in total. The van der Waals surface area contributed by atoms with Gasteiger partial charge in [0.25, 0.3) is 11.8 Å². The van der Waals surface area contributed by atoms with E-state index in [4.69, 9.17) is 15.2 Å². The maximum Gasteiger partial charge on any atom is 0.338 e. The first-order valence-corrected chi connectivity index (χ1v) is 11.1. The Morgan fingerprint density at radius 3 is 2.64 bits per heavy atom. The first-order valence-electron chi connectivity index (χ1n) is 10.3. The molecule has 0 atom stereocenters. The standard InChI is InChI=1S/C24H21FN2O5S/c25-16-9-7-14(8-10-16)12-31-17-4-1-3-15(11-17)24(30)32-13-20(28)27-23-21(22(26)29)18-5-2-6-19(18)33-23/h1,3-4,7-11H,2,5-6,12-13H2,(H2,26,29)(H,27,28). The van der Waals surface area contributed by atoms with Crippen molar-refractivity contribution in [2.75, 3.05) is 11.9 Å². The molecule has 0 spiro atoms. The lowest BCUT2D eigenvalue weighted by Crippen LogP contribution is -2.22. The molecule has 9 heteroatoms. The van der Waals surface area contributed by atoms with E-state index in [-0.39, 0.29) is 18.0 Å². The molecule has 1 aliphatic rings. The lowest BCUT2D eigenvalue weighted by Gasteiger charge is -2.09. The fourth-order valence-corrected chi connectivity index (χ4v) is 4.90. The molecule has 1 heterocycles. The van der Waals surface area contributed by atoms with E-state index in [0.717, 1.165) is 35.3 Å². The van der Waals surface area contributed by atoms with E-state index >= 15 is 0 Å². The number of nitrogens with one attached hydrogen (secondary N) is 1. The highest BCUT2D eigenvalue weighted by molar-refractivity contribution is 7.17. The summed E-state index contributed by atoms with van der Waals surface area (Å²) in [4.78, 5) is 37.6. The van der Waals surface area contributed by atoms with Gasteiger partial charge in [0.05, 0.1) is 11.1 Å². The van der Waals surface area contributed by atoms with E-state index in [2.05, 4.69) is 5.32 Å². The second-order valence-electron chi connectivity index (χ2n) is 7.49. The van der Waals surface area contributed by atoms with Gasteiger partial charge in [0.1, 0.15) is 23.2 Å². The van der Waals surface area contributed by atoms with E-state index in [0.29, 0.717) is 16.3 Å². The lowest BCUT2D eigenvalue weighted by atomic mass is 10.1. The Bertz CT molecular complexity index is 1210. The summed E-state index contributed by atoms with van der Waals surface area (Å²) in [6.07, 6.45) is 2.57. The number of aryl methyl sites for hydroxylation is 1. The SMILES string of the molecule is NC(=O)c1c(NC(=O)COC(=O)c2cccc(OCc3ccc(F)cc3)c2)sc2c1CCC2. The molecule has 2 amide bonds. The van der Waals surface area contributed by atoms with Gasteiger partial charge in [-0.3, -0.25) is 9.59 Å². The summed E-state index contributed by atoms with van der Waals surface area (Å²) < 4.78 is 23.7. The number of nitrogens with two attached hydrogens (primary N) is 1. The predicted molar refractivity (Wildman–Crippen MR) is 121 cm³/mol. The van der Waals surface area contributed by atoms with Crippen molar-refractivity contribution in [3.8, 4) is 5.75 Å². The van der Waals surface area contributed by atoms with Gasteiger partial charge in [0.15, 0.2) is 6.61 Å². The average molecular weight is 469 g/mol. The van der Waals surface area contributed by atoms with Crippen molar-refractivity contribution in [1.82, 2.24) is 0 Å². The Labute approximate surface area is 193 Å². The minimum atomic E-state index is -0.693. The molecule has 1 aromatic heterocycles. The van der Waals surface area contributed by atoms with Crippen molar-refractivity contribution < 1.29 is 28.2 Å². The number of hydrogen-bond donors (Lipinski definition) is 2. The molecule has 33 heavy (non-hydrogen) atoms. The fourth-order valence-electron chi connectivity index (χ4n) is 3.59. The molecule has 0 unspecified atom stereocenters. The summed E-state index contributed by atoms with van der Waals surface area (Å²) in [7, 11) is 0. The quantitative estimate of drug-likeness (QED) is 0.488. The van der Waals surface area contributed by atoms with Crippen LogP contribution in [-0.4, -0.2) is 24.4 Å². The molecule has 0 bridgehead atoms. The Hall–Kier alpha value is -3.72. The van der Waals surface area contributed by atoms with E-state index in [9.17, 15) is 18.8 Å². The first kappa shape index (κ1) is 22.5. The van der Waals surface area contributed by atoms with Crippen LogP contribution in [0.4, 0.5) is 9.39 Å². The molecule has 170 valence electrons. The average Bonchev–Trinajstić information content (AvgIpc) is 3.38. The number of esters is 1. The predicted octanol–water partition coefficient (Wildman–Crippen LogP) is 3.85. The third kappa shape index (κ3) is 5.38. The van der Waals surface area contributed by atoms with E-state index in [1.165, 1.54) is 29.5 Å². The zero-order valence-corrected chi connectivity index (χ0v) is 18.4. The maximum atomic E-state index is 13.0. The van der Waals surface area contributed by atoms with Gasteiger partial charge in [-0.05, 0) is 60.7 Å². The van der Waals surface area contributed by atoms with E-state index in [1.807, 2.05) is 0 Å². The zero-order chi connectivity index (χ0) is 23.4. The van der Waals surface area contributed by atoms with Crippen LogP contribution in [0.2, 0.25) is 0 Å². The summed E-state index contributed by atoms with van der Waals surface area (Å²) in [5.41, 5.74) is 7.73. The maximum absolute atomic E-state index is 13.0. The number of thiophene rings is 1.